The Hall–Kier alpha value is -2.31. The molecule has 0 bridgehead atoms. The second kappa shape index (κ2) is 7.11. The summed E-state index contributed by atoms with van der Waals surface area (Å²) in [6, 6.07) is 5.22. The van der Waals surface area contributed by atoms with Gasteiger partial charge in [-0.2, -0.15) is 0 Å². The summed E-state index contributed by atoms with van der Waals surface area (Å²) in [5, 5.41) is 7.73. The van der Waals surface area contributed by atoms with Gasteiger partial charge in [0.25, 0.3) is 5.56 Å². The van der Waals surface area contributed by atoms with Crippen LogP contribution in [0.1, 0.15) is 6.92 Å². The Kier molecular flexibility index (Phi) is 5.19. The molecule has 114 valence electrons. The smallest absolute Gasteiger partial charge is 0.261 e. The predicted molar refractivity (Wildman–Crippen MR) is 85.9 cm³/mol. The van der Waals surface area contributed by atoms with Gasteiger partial charge in [-0.1, -0.05) is 11.6 Å². The third kappa shape index (κ3) is 2.98. The number of fused-ring (bicyclic) bond motifs is 1. The molecular formula is C15H15ClN4O2. The molecule has 0 spiro atoms. The van der Waals surface area contributed by atoms with Gasteiger partial charge in [0.05, 0.1) is 11.7 Å². The SMILES string of the molecule is CCn1cnc2c(-c3cccnc3)nc(Cl)cc2c1=O.CO. The first kappa shape index (κ1) is 16.1. The number of nitrogens with zero attached hydrogens (tertiary/aromatic N) is 4. The van der Waals surface area contributed by atoms with E-state index in [0.29, 0.717) is 23.1 Å². The van der Waals surface area contributed by atoms with Gasteiger partial charge in [-0.25, -0.2) is 9.97 Å². The lowest BCUT2D eigenvalue weighted by Gasteiger charge is -2.07. The van der Waals surface area contributed by atoms with Gasteiger partial charge in [-0.3, -0.25) is 14.3 Å². The van der Waals surface area contributed by atoms with Gasteiger partial charge in [0.1, 0.15) is 16.4 Å². The molecule has 0 amide bonds. The highest BCUT2D eigenvalue weighted by Crippen LogP contribution is 2.25. The molecule has 3 rings (SSSR count). The zero-order valence-corrected chi connectivity index (χ0v) is 12.9. The largest absolute Gasteiger partial charge is 0.400 e. The van der Waals surface area contributed by atoms with Gasteiger partial charge in [-0.15, -0.1) is 0 Å². The molecule has 0 aliphatic carbocycles. The van der Waals surface area contributed by atoms with Crippen LogP contribution in [0.2, 0.25) is 5.15 Å². The lowest BCUT2D eigenvalue weighted by molar-refractivity contribution is 0.399. The molecule has 0 unspecified atom stereocenters. The first-order chi connectivity index (χ1) is 10.7. The first-order valence-corrected chi connectivity index (χ1v) is 6.99. The molecule has 1 N–H and O–H groups in total. The maximum Gasteiger partial charge on any atom is 0.261 e. The Morgan fingerprint density at radius 2 is 2.14 bits per heavy atom. The molecule has 7 heteroatoms. The van der Waals surface area contributed by atoms with Crippen LogP contribution in [0.25, 0.3) is 22.2 Å². The van der Waals surface area contributed by atoms with Crippen LogP contribution >= 0.6 is 11.6 Å². The van der Waals surface area contributed by atoms with E-state index in [0.717, 1.165) is 12.7 Å². The maximum atomic E-state index is 12.3. The minimum absolute atomic E-state index is 0.119. The van der Waals surface area contributed by atoms with Gasteiger partial charge in [0, 0.05) is 31.6 Å². The monoisotopic (exact) mass is 318 g/mol. The van der Waals surface area contributed by atoms with E-state index in [2.05, 4.69) is 15.0 Å². The van der Waals surface area contributed by atoms with Crippen LogP contribution in [0.15, 0.2) is 41.7 Å². The Morgan fingerprint density at radius 3 is 2.77 bits per heavy atom. The molecule has 0 saturated heterocycles. The van der Waals surface area contributed by atoms with E-state index in [1.165, 1.54) is 10.9 Å². The molecule has 3 aromatic rings. The minimum atomic E-state index is -0.119. The Balaban J connectivity index is 0.000000847. The molecule has 0 radical (unpaired) electrons. The van der Waals surface area contributed by atoms with E-state index in [1.807, 2.05) is 13.0 Å². The summed E-state index contributed by atoms with van der Waals surface area (Å²) in [6.07, 6.45) is 4.87. The predicted octanol–water partition coefficient (Wildman–Crippen LogP) is 2.14. The summed E-state index contributed by atoms with van der Waals surface area (Å²) in [5.74, 6) is 0. The van der Waals surface area contributed by atoms with Crippen LogP contribution in [0, 0.1) is 0 Å². The van der Waals surface area contributed by atoms with E-state index in [1.54, 1.807) is 24.5 Å². The molecule has 0 aliphatic rings. The second-order valence-corrected chi connectivity index (χ2v) is 4.65. The summed E-state index contributed by atoms with van der Waals surface area (Å²) in [5.41, 5.74) is 1.77. The summed E-state index contributed by atoms with van der Waals surface area (Å²) in [4.78, 5) is 25.0. The number of aliphatic hydroxyl groups is 1. The lowest BCUT2D eigenvalue weighted by Crippen LogP contribution is -2.20. The van der Waals surface area contributed by atoms with E-state index < -0.39 is 0 Å². The second-order valence-electron chi connectivity index (χ2n) is 4.27. The van der Waals surface area contributed by atoms with Crippen LogP contribution in [-0.4, -0.2) is 31.7 Å². The highest BCUT2D eigenvalue weighted by atomic mass is 35.5. The van der Waals surface area contributed by atoms with Crippen molar-refractivity contribution in [3.8, 4) is 11.3 Å². The highest BCUT2D eigenvalue weighted by Gasteiger charge is 2.12. The van der Waals surface area contributed by atoms with E-state index in [-0.39, 0.29) is 10.7 Å². The third-order valence-electron chi connectivity index (χ3n) is 3.05. The van der Waals surface area contributed by atoms with Crippen molar-refractivity contribution in [1.29, 1.82) is 0 Å². The number of aromatic nitrogens is 4. The number of aliphatic hydroxyl groups excluding tert-OH is 1. The van der Waals surface area contributed by atoms with Gasteiger partial charge in [-0.05, 0) is 25.1 Å². The van der Waals surface area contributed by atoms with Crippen molar-refractivity contribution in [2.45, 2.75) is 13.5 Å². The zero-order chi connectivity index (χ0) is 16.1. The lowest BCUT2D eigenvalue weighted by atomic mass is 10.1. The van der Waals surface area contributed by atoms with E-state index in [4.69, 9.17) is 16.7 Å². The number of hydrogen-bond donors (Lipinski definition) is 1. The van der Waals surface area contributed by atoms with Crippen molar-refractivity contribution in [2.75, 3.05) is 7.11 Å². The molecule has 0 atom stereocenters. The van der Waals surface area contributed by atoms with E-state index >= 15 is 0 Å². The highest BCUT2D eigenvalue weighted by molar-refractivity contribution is 6.30. The molecular weight excluding hydrogens is 304 g/mol. The summed E-state index contributed by atoms with van der Waals surface area (Å²) >= 11 is 6.03. The van der Waals surface area contributed by atoms with Crippen molar-refractivity contribution in [3.05, 3.63) is 52.4 Å². The van der Waals surface area contributed by atoms with Gasteiger partial charge < -0.3 is 5.11 Å². The molecule has 0 aromatic carbocycles. The third-order valence-corrected chi connectivity index (χ3v) is 3.25. The number of halogens is 1. The Labute approximate surface area is 132 Å². The zero-order valence-electron chi connectivity index (χ0n) is 12.2. The van der Waals surface area contributed by atoms with Crippen molar-refractivity contribution in [2.24, 2.45) is 0 Å². The Bertz CT molecular complexity index is 834. The maximum absolute atomic E-state index is 12.3. The van der Waals surface area contributed by atoms with Crippen LogP contribution in [0.3, 0.4) is 0 Å². The molecule has 3 heterocycles. The molecule has 22 heavy (non-hydrogen) atoms. The number of hydrogen-bond acceptors (Lipinski definition) is 5. The van der Waals surface area contributed by atoms with Crippen LogP contribution in [0.5, 0.6) is 0 Å². The van der Waals surface area contributed by atoms with Crippen LogP contribution in [0.4, 0.5) is 0 Å². The average Bonchev–Trinajstić information content (AvgIpc) is 2.58. The standard InChI is InChI=1S/C14H11ClN4O.CH4O/c1-2-19-8-17-13-10(14(19)20)6-11(15)18-12(13)9-4-3-5-16-7-9;1-2/h3-8H,2H2,1H3;2H,1H3. The van der Waals surface area contributed by atoms with Crippen LogP contribution < -0.4 is 5.56 Å². The summed E-state index contributed by atoms with van der Waals surface area (Å²) in [7, 11) is 1.00. The average molecular weight is 319 g/mol. The molecule has 0 aliphatic heterocycles. The molecule has 3 aromatic heterocycles. The van der Waals surface area contributed by atoms with Crippen molar-refractivity contribution >= 4 is 22.5 Å². The fourth-order valence-corrected chi connectivity index (χ4v) is 2.26. The number of rotatable bonds is 2. The van der Waals surface area contributed by atoms with Gasteiger partial charge in [0.2, 0.25) is 0 Å². The van der Waals surface area contributed by atoms with Gasteiger partial charge in [0.15, 0.2) is 0 Å². The first-order valence-electron chi connectivity index (χ1n) is 6.61. The summed E-state index contributed by atoms with van der Waals surface area (Å²) in [6.45, 7) is 2.45. The number of aryl methyl sites for hydroxylation is 1. The normalized spacial score (nSPS) is 10.2. The van der Waals surface area contributed by atoms with Crippen molar-refractivity contribution < 1.29 is 5.11 Å². The Morgan fingerprint density at radius 1 is 1.36 bits per heavy atom. The van der Waals surface area contributed by atoms with E-state index in [9.17, 15) is 4.79 Å². The topological polar surface area (TPSA) is 80.9 Å². The quantitative estimate of drug-likeness (QED) is 0.732. The minimum Gasteiger partial charge on any atom is -0.400 e. The fraction of sp³-hybridized carbons (Fsp3) is 0.200. The molecule has 0 saturated carbocycles. The fourth-order valence-electron chi connectivity index (χ4n) is 2.06. The molecule has 0 fully saturated rings. The van der Waals surface area contributed by atoms with Crippen molar-refractivity contribution in [3.63, 3.8) is 0 Å². The van der Waals surface area contributed by atoms with Crippen molar-refractivity contribution in [1.82, 2.24) is 19.5 Å². The van der Waals surface area contributed by atoms with Gasteiger partial charge >= 0.3 is 0 Å². The number of pyridine rings is 2. The summed E-state index contributed by atoms with van der Waals surface area (Å²) < 4.78 is 1.53. The van der Waals surface area contributed by atoms with Crippen LogP contribution in [-0.2, 0) is 6.54 Å². The molecule has 6 nitrogen and oxygen atoms in total.